The molecule has 1 saturated heterocycles. The zero-order valence-electron chi connectivity index (χ0n) is 15.5. The van der Waals surface area contributed by atoms with Gasteiger partial charge in [-0.25, -0.2) is 4.79 Å². The largest absolute Gasteiger partial charge is 0.452 e. The van der Waals surface area contributed by atoms with Gasteiger partial charge in [0.05, 0.1) is 5.56 Å². The maximum atomic E-state index is 12.5. The molecule has 1 N–H and O–H groups in total. The molecule has 138 valence electrons. The van der Waals surface area contributed by atoms with Crippen molar-refractivity contribution >= 4 is 34.1 Å². The highest BCUT2D eigenvalue weighted by Gasteiger charge is 2.30. The lowest BCUT2D eigenvalue weighted by atomic mass is 9.97. The summed E-state index contributed by atoms with van der Waals surface area (Å²) in [7, 11) is 0. The molecule has 0 saturated carbocycles. The molecule has 7 heteroatoms. The van der Waals surface area contributed by atoms with Crippen LogP contribution in [0.3, 0.4) is 0 Å². The van der Waals surface area contributed by atoms with E-state index in [1.54, 1.807) is 0 Å². The van der Waals surface area contributed by atoms with Crippen molar-refractivity contribution in [1.82, 2.24) is 4.90 Å². The quantitative estimate of drug-likeness (QED) is 0.830. The van der Waals surface area contributed by atoms with E-state index in [0.29, 0.717) is 10.6 Å². The first-order chi connectivity index (χ1) is 11.7. The summed E-state index contributed by atoms with van der Waals surface area (Å²) in [4.78, 5) is 39.1. The SMILES string of the molecule is CC(=O)Nc1sc(C)c(C)c1C(=O)OCC(=O)N1[C@@H](C)CCC[C@@H]1C. The topological polar surface area (TPSA) is 75.7 Å². The van der Waals surface area contributed by atoms with Crippen LogP contribution < -0.4 is 5.32 Å². The van der Waals surface area contributed by atoms with Crippen molar-refractivity contribution in [3.8, 4) is 0 Å². The lowest BCUT2D eigenvalue weighted by Gasteiger charge is -2.38. The van der Waals surface area contributed by atoms with E-state index < -0.39 is 5.97 Å². The third-order valence-electron chi connectivity index (χ3n) is 4.69. The van der Waals surface area contributed by atoms with Crippen LogP contribution in [0.1, 0.15) is 60.8 Å². The van der Waals surface area contributed by atoms with Crippen LogP contribution in [0.25, 0.3) is 0 Å². The molecule has 0 bridgehead atoms. The lowest BCUT2D eigenvalue weighted by Crippen LogP contribution is -2.49. The third-order valence-corrected chi connectivity index (χ3v) is 5.81. The molecule has 6 nitrogen and oxygen atoms in total. The van der Waals surface area contributed by atoms with Crippen LogP contribution in [-0.2, 0) is 14.3 Å². The van der Waals surface area contributed by atoms with Gasteiger partial charge in [-0.2, -0.15) is 0 Å². The summed E-state index contributed by atoms with van der Waals surface area (Å²) in [5, 5.41) is 3.14. The Morgan fingerprint density at radius 2 is 1.80 bits per heavy atom. The zero-order chi connectivity index (χ0) is 18.7. The molecule has 1 aromatic rings. The number of hydrogen-bond donors (Lipinski definition) is 1. The van der Waals surface area contributed by atoms with E-state index >= 15 is 0 Å². The van der Waals surface area contributed by atoms with Gasteiger partial charge in [0.1, 0.15) is 5.00 Å². The predicted octanol–water partition coefficient (Wildman–Crippen LogP) is 3.27. The molecule has 1 aliphatic rings. The first-order valence-electron chi connectivity index (χ1n) is 8.58. The number of amides is 2. The fourth-order valence-electron chi connectivity index (χ4n) is 3.31. The maximum absolute atomic E-state index is 12.5. The molecule has 2 amide bonds. The van der Waals surface area contributed by atoms with Gasteiger partial charge in [-0.05, 0) is 52.5 Å². The Morgan fingerprint density at radius 3 is 2.36 bits per heavy atom. The van der Waals surface area contributed by atoms with E-state index in [1.807, 2.05) is 32.6 Å². The minimum atomic E-state index is -0.573. The summed E-state index contributed by atoms with van der Waals surface area (Å²) in [5.74, 6) is -0.989. The molecule has 2 heterocycles. The minimum Gasteiger partial charge on any atom is -0.452 e. The number of ether oxygens (including phenoxy) is 1. The Bertz CT molecular complexity index is 673. The molecular formula is C18H26N2O4S. The fraction of sp³-hybridized carbons (Fsp3) is 0.611. The van der Waals surface area contributed by atoms with E-state index in [-0.39, 0.29) is 30.5 Å². The highest BCUT2D eigenvalue weighted by molar-refractivity contribution is 7.16. The normalized spacial score (nSPS) is 20.3. The Hall–Kier alpha value is -1.89. The predicted molar refractivity (Wildman–Crippen MR) is 98.0 cm³/mol. The highest BCUT2D eigenvalue weighted by Crippen LogP contribution is 2.33. The van der Waals surface area contributed by atoms with Crippen LogP contribution in [0.4, 0.5) is 5.00 Å². The van der Waals surface area contributed by atoms with Crippen molar-refractivity contribution < 1.29 is 19.1 Å². The summed E-state index contributed by atoms with van der Waals surface area (Å²) in [5.41, 5.74) is 1.11. The van der Waals surface area contributed by atoms with Gasteiger partial charge in [0.15, 0.2) is 6.61 Å². The number of anilines is 1. The smallest absolute Gasteiger partial charge is 0.341 e. The standard InChI is InChI=1S/C18H26N2O4S/c1-10-7-6-8-11(2)20(10)15(22)9-24-18(23)16-12(3)13(4)25-17(16)19-14(5)21/h10-11H,6-9H2,1-5H3,(H,19,21)/t10-,11-/m0/s1. The second-order valence-corrected chi connectivity index (χ2v) is 7.90. The van der Waals surface area contributed by atoms with Crippen LogP contribution in [0.15, 0.2) is 0 Å². The molecule has 0 aliphatic carbocycles. The minimum absolute atomic E-state index is 0.162. The second-order valence-electron chi connectivity index (χ2n) is 6.67. The van der Waals surface area contributed by atoms with Crippen LogP contribution in [0.5, 0.6) is 0 Å². The van der Waals surface area contributed by atoms with Gasteiger partial charge < -0.3 is 15.0 Å². The van der Waals surface area contributed by atoms with E-state index in [9.17, 15) is 14.4 Å². The van der Waals surface area contributed by atoms with Crippen LogP contribution >= 0.6 is 11.3 Å². The highest BCUT2D eigenvalue weighted by atomic mass is 32.1. The molecule has 25 heavy (non-hydrogen) atoms. The van der Waals surface area contributed by atoms with E-state index in [1.165, 1.54) is 18.3 Å². The monoisotopic (exact) mass is 366 g/mol. The molecule has 1 aliphatic heterocycles. The number of carbonyl (C=O) groups is 3. The Labute approximate surface area is 152 Å². The second kappa shape index (κ2) is 7.99. The summed E-state index contributed by atoms with van der Waals surface area (Å²) >= 11 is 1.33. The summed E-state index contributed by atoms with van der Waals surface area (Å²) in [6, 6.07) is 0.324. The lowest BCUT2D eigenvalue weighted by molar-refractivity contribution is -0.140. The van der Waals surface area contributed by atoms with Gasteiger partial charge in [0.2, 0.25) is 5.91 Å². The van der Waals surface area contributed by atoms with Gasteiger partial charge in [0.25, 0.3) is 5.91 Å². The van der Waals surface area contributed by atoms with E-state index in [4.69, 9.17) is 4.74 Å². The first kappa shape index (κ1) is 19.4. The Kier molecular flexibility index (Phi) is 6.21. The first-order valence-corrected chi connectivity index (χ1v) is 9.39. The van der Waals surface area contributed by atoms with E-state index in [0.717, 1.165) is 29.7 Å². The Balaban J connectivity index is 2.07. The van der Waals surface area contributed by atoms with Gasteiger partial charge in [-0.1, -0.05) is 0 Å². The number of carbonyl (C=O) groups excluding carboxylic acids is 3. The summed E-state index contributed by atoms with van der Waals surface area (Å²) in [6.07, 6.45) is 3.05. The molecule has 2 rings (SSSR count). The average molecular weight is 366 g/mol. The third kappa shape index (κ3) is 4.39. The summed E-state index contributed by atoms with van der Waals surface area (Å²) in [6.45, 7) is 8.85. The molecular weight excluding hydrogens is 340 g/mol. The molecule has 2 atom stereocenters. The number of rotatable bonds is 4. The van der Waals surface area contributed by atoms with Crippen molar-refractivity contribution in [2.45, 2.75) is 66.0 Å². The van der Waals surface area contributed by atoms with Crippen LogP contribution in [0, 0.1) is 13.8 Å². The summed E-state index contributed by atoms with van der Waals surface area (Å²) < 4.78 is 5.28. The number of esters is 1. The number of nitrogens with one attached hydrogen (secondary N) is 1. The van der Waals surface area contributed by atoms with Crippen molar-refractivity contribution in [3.63, 3.8) is 0 Å². The number of piperidine rings is 1. The Morgan fingerprint density at radius 1 is 1.20 bits per heavy atom. The van der Waals surface area contributed by atoms with Crippen LogP contribution in [-0.4, -0.2) is 41.4 Å². The molecule has 0 unspecified atom stereocenters. The van der Waals surface area contributed by atoms with Gasteiger partial charge in [-0.15, -0.1) is 11.3 Å². The zero-order valence-corrected chi connectivity index (χ0v) is 16.3. The van der Waals surface area contributed by atoms with Gasteiger partial charge >= 0.3 is 5.97 Å². The number of aryl methyl sites for hydroxylation is 1. The molecule has 1 fully saturated rings. The van der Waals surface area contributed by atoms with Gasteiger partial charge in [-0.3, -0.25) is 9.59 Å². The average Bonchev–Trinajstić information content (AvgIpc) is 2.78. The van der Waals surface area contributed by atoms with Crippen molar-refractivity contribution in [1.29, 1.82) is 0 Å². The molecule has 0 spiro atoms. The molecule has 0 radical (unpaired) electrons. The fourth-order valence-corrected chi connectivity index (χ4v) is 4.40. The maximum Gasteiger partial charge on any atom is 0.341 e. The van der Waals surface area contributed by atoms with E-state index in [2.05, 4.69) is 5.32 Å². The van der Waals surface area contributed by atoms with Crippen molar-refractivity contribution in [2.75, 3.05) is 11.9 Å². The number of hydrogen-bond acceptors (Lipinski definition) is 5. The van der Waals surface area contributed by atoms with Crippen molar-refractivity contribution in [2.24, 2.45) is 0 Å². The van der Waals surface area contributed by atoms with Crippen molar-refractivity contribution in [3.05, 3.63) is 16.0 Å². The number of likely N-dealkylation sites (tertiary alicyclic amines) is 1. The van der Waals surface area contributed by atoms with Gasteiger partial charge in [0, 0.05) is 23.9 Å². The number of thiophene rings is 1. The van der Waals surface area contributed by atoms with Crippen LogP contribution in [0.2, 0.25) is 0 Å². The molecule has 1 aromatic heterocycles. The number of nitrogens with zero attached hydrogens (tertiary/aromatic N) is 1. The molecule has 0 aromatic carbocycles.